The molecule has 0 radical (unpaired) electrons. The molecule has 1 aliphatic carbocycles. The minimum atomic E-state index is -0.451. The number of aryl methyl sites for hydroxylation is 1. The zero-order valence-corrected chi connectivity index (χ0v) is 13.7. The monoisotopic (exact) mass is 324 g/mol. The lowest BCUT2D eigenvalue weighted by Gasteiger charge is -2.20. The molecule has 3 atom stereocenters. The summed E-state index contributed by atoms with van der Waals surface area (Å²) in [7, 11) is 0. The summed E-state index contributed by atoms with van der Waals surface area (Å²) >= 11 is 0. The van der Waals surface area contributed by atoms with Gasteiger partial charge in [0.2, 0.25) is 0 Å². The van der Waals surface area contributed by atoms with Crippen LogP contribution in [0.15, 0.2) is 48.5 Å². The van der Waals surface area contributed by atoms with Crippen LogP contribution in [0.25, 0.3) is 0 Å². The van der Waals surface area contributed by atoms with Crippen LogP contribution < -0.4 is 5.32 Å². The van der Waals surface area contributed by atoms with Crippen LogP contribution in [-0.4, -0.2) is 10.8 Å². The van der Waals surface area contributed by atoms with Gasteiger partial charge in [0, 0.05) is 17.7 Å². The Bertz CT molecular complexity index is 773. The molecule has 5 heteroatoms. The lowest BCUT2D eigenvalue weighted by Crippen LogP contribution is -2.30. The fourth-order valence-electron chi connectivity index (χ4n) is 3.15. The van der Waals surface area contributed by atoms with Gasteiger partial charge in [0.25, 0.3) is 11.6 Å². The Kier molecular flexibility index (Phi) is 4.34. The highest BCUT2D eigenvalue weighted by atomic mass is 16.6. The van der Waals surface area contributed by atoms with Gasteiger partial charge < -0.3 is 5.32 Å². The summed E-state index contributed by atoms with van der Waals surface area (Å²) in [5.41, 5.74) is 2.19. The van der Waals surface area contributed by atoms with Crippen molar-refractivity contribution < 1.29 is 9.72 Å². The summed E-state index contributed by atoms with van der Waals surface area (Å²) < 4.78 is 0. The number of nitro groups is 1. The fourth-order valence-corrected chi connectivity index (χ4v) is 3.15. The maximum Gasteiger partial charge on any atom is 0.269 e. The molecule has 1 fully saturated rings. The Morgan fingerprint density at radius 3 is 2.46 bits per heavy atom. The molecule has 1 amide bonds. The number of carbonyl (C=O) groups is 1. The van der Waals surface area contributed by atoms with Crippen molar-refractivity contribution in [3.63, 3.8) is 0 Å². The van der Waals surface area contributed by atoms with Crippen LogP contribution in [0.1, 0.15) is 40.9 Å². The van der Waals surface area contributed by atoms with E-state index in [1.807, 2.05) is 30.3 Å². The molecule has 2 aromatic rings. The summed E-state index contributed by atoms with van der Waals surface area (Å²) in [6.45, 7) is 3.91. The largest absolute Gasteiger partial charge is 0.345 e. The highest BCUT2D eigenvalue weighted by molar-refractivity contribution is 5.96. The van der Waals surface area contributed by atoms with E-state index in [9.17, 15) is 14.9 Å². The van der Waals surface area contributed by atoms with E-state index < -0.39 is 4.92 Å². The van der Waals surface area contributed by atoms with Crippen molar-refractivity contribution >= 4 is 11.6 Å². The molecule has 0 heterocycles. The average Bonchev–Trinajstić information content (AvgIpc) is 3.29. The summed E-state index contributed by atoms with van der Waals surface area (Å²) in [5, 5.41) is 14.0. The maximum atomic E-state index is 12.7. The number of nitro benzene ring substituents is 1. The summed E-state index contributed by atoms with van der Waals surface area (Å²) in [4.78, 5) is 23.1. The van der Waals surface area contributed by atoms with Gasteiger partial charge in [-0.05, 0) is 42.4 Å². The number of benzene rings is 2. The van der Waals surface area contributed by atoms with Gasteiger partial charge in [0.05, 0.1) is 11.0 Å². The van der Waals surface area contributed by atoms with Crippen molar-refractivity contribution in [3.8, 4) is 0 Å². The van der Waals surface area contributed by atoms with Gasteiger partial charge in [-0.15, -0.1) is 0 Å². The molecule has 1 N–H and O–H groups in total. The predicted molar refractivity (Wildman–Crippen MR) is 91.8 cm³/mol. The smallest absolute Gasteiger partial charge is 0.269 e. The third-order valence-corrected chi connectivity index (χ3v) is 4.71. The average molecular weight is 324 g/mol. The van der Waals surface area contributed by atoms with E-state index in [2.05, 4.69) is 12.2 Å². The van der Waals surface area contributed by atoms with E-state index in [0.717, 1.165) is 12.0 Å². The molecular weight excluding hydrogens is 304 g/mol. The predicted octanol–water partition coefficient (Wildman–Crippen LogP) is 4.03. The third kappa shape index (κ3) is 3.30. The third-order valence-electron chi connectivity index (χ3n) is 4.71. The molecule has 0 bridgehead atoms. The Balaban J connectivity index is 1.83. The Morgan fingerprint density at radius 1 is 1.25 bits per heavy atom. The van der Waals surface area contributed by atoms with Crippen molar-refractivity contribution in [1.82, 2.24) is 5.32 Å². The molecule has 3 rings (SSSR count). The van der Waals surface area contributed by atoms with Gasteiger partial charge in [-0.1, -0.05) is 37.3 Å². The minimum Gasteiger partial charge on any atom is -0.345 e. The van der Waals surface area contributed by atoms with Gasteiger partial charge in [0.15, 0.2) is 0 Å². The number of carbonyl (C=O) groups excluding carboxylic acids is 1. The van der Waals surface area contributed by atoms with E-state index in [0.29, 0.717) is 23.0 Å². The molecule has 3 unspecified atom stereocenters. The number of hydrogen-bond donors (Lipinski definition) is 1. The van der Waals surface area contributed by atoms with Gasteiger partial charge in [-0.2, -0.15) is 0 Å². The molecule has 0 aromatic heterocycles. The van der Waals surface area contributed by atoms with Crippen molar-refractivity contribution in [2.45, 2.75) is 26.3 Å². The van der Waals surface area contributed by atoms with Gasteiger partial charge in [-0.3, -0.25) is 14.9 Å². The normalized spacial score (nSPS) is 20.2. The number of amides is 1. The molecule has 124 valence electrons. The second-order valence-electron chi connectivity index (χ2n) is 6.49. The molecular formula is C19H20N2O3. The van der Waals surface area contributed by atoms with Crippen LogP contribution in [-0.2, 0) is 0 Å². The first-order valence-electron chi connectivity index (χ1n) is 8.08. The van der Waals surface area contributed by atoms with E-state index in [4.69, 9.17) is 0 Å². The van der Waals surface area contributed by atoms with Crippen molar-refractivity contribution in [3.05, 3.63) is 75.3 Å². The van der Waals surface area contributed by atoms with Crippen LogP contribution in [0.3, 0.4) is 0 Å². The quantitative estimate of drug-likeness (QED) is 0.666. The molecule has 1 aliphatic rings. The summed E-state index contributed by atoms with van der Waals surface area (Å²) in [6.07, 6.45) is 1.10. The second kappa shape index (κ2) is 6.43. The number of nitrogens with zero attached hydrogens (tertiary/aromatic N) is 1. The fraction of sp³-hybridized carbons (Fsp3) is 0.316. The first-order chi connectivity index (χ1) is 11.5. The molecule has 0 aliphatic heterocycles. The van der Waals surface area contributed by atoms with Crippen molar-refractivity contribution in [2.24, 2.45) is 11.8 Å². The van der Waals surface area contributed by atoms with E-state index in [1.165, 1.54) is 18.2 Å². The van der Waals surface area contributed by atoms with Crippen LogP contribution in [0.4, 0.5) is 5.69 Å². The minimum absolute atomic E-state index is 0.000487. The van der Waals surface area contributed by atoms with E-state index >= 15 is 0 Å². The Labute approximate surface area is 140 Å². The molecule has 0 saturated heterocycles. The van der Waals surface area contributed by atoms with Crippen LogP contribution in [0.5, 0.6) is 0 Å². The number of hydrogen-bond acceptors (Lipinski definition) is 3. The number of nitrogens with one attached hydrogen (secondary N) is 1. The van der Waals surface area contributed by atoms with E-state index in [1.54, 1.807) is 6.92 Å². The first-order valence-corrected chi connectivity index (χ1v) is 8.08. The van der Waals surface area contributed by atoms with Crippen molar-refractivity contribution in [1.29, 1.82) is 0 Å². The van der Waals surface area contributed by atoms with E-state index in [-0.39, 0.29) is 17.6 Å². The number of non-ortho nitro benzene ring substituents is 1. The molecule has 5 nitrogen and oxygen atoms in total. The summed E-state index contributed by atoms with van der Waals surface area (Å²) in [6, 6.07) is 14.3. The van der Waals surface area contributed by atoms with Gasteiger partial charge in [-0.25, -0.2) is 0 Å². The van der Waals surface area contributed by atoms with Crippen LogP contribution in [0.2, 0.25) is 0 Å². The zero-order valence-electron chi connectivity index (χ0n) is 13.7. The molecule has 1 saturated carbocycles. The zero-order chi connectivity index (χ0) is 17.3. The molecule has 2 aromatic carbocycles. The number of rotatable bonds is 5. The summed E-state index contributed by atoms with van der Waals surface area (Å²) in [5.74, 6) is 0.846. The molecule has 0 spiro atoms. The van der Waals surface area contributed by atoms with Gasteiger partial charge in [0.1, 0.15) is 0 Å². The lowest BCUT2D eigenvalue weighted by molar-refractivity contribution is -0.384. The first kappa shape index (κ1) is 16.2. The topological polar surface area (TPSA) is 72.2 Å². The highest BCUT2D eigenvalue weighted by Crippen LogP contribution is 2.47. The highest BCUT2D eigenvalue weighted by Gasteiger charge is 2.41. The SMILES string of the molecule is Cc1cc([N+](=O)[O-])ccc1C(=O)NC(c1ccccc1)C1CC1C. The molecule has 24 heavy (non-hydrogen) atoms. The Morgan fingerprint density at radius 2 is 1.92 bits per heavy atom. The van der Waals surface area contributed by atoms with Gasteiger partial charge >= 0.3 is 0 Å². The van der Waals surface area contributed by atoms with Crippen LogP contribution >= 0.6 is 0 Å². The van der Waals surface area contributed by atoms with Crippen LogP contribution in [0, 0.1) is 28.9 Å². The second-order valence-corrected chi connectivity index (χ2v) is 6.49. The lowest BCUT2D eigenvalue weighted by atomic mass is 10.00. The van der Waals surface area contributed by atoms with Crippen molar-refractivity contribution in [2.75, 3.05) is 0 Å². The standard InChI is InChI=1S/C19H20N2O3/c1-12-10-15(21(23)24)8-9-16(12)19(22)20-18(17-11-13(17)2)14-6-4-3-5-7-14/h3-10,13,17-18H,11H2,1-2H3,(H,20,22). The Hall–Kier alpha value is -2.69. The maximum absolute atomic E-state index is 12.7.